The Bertz CT molecular complexity index is 812. The van der Waals surface area contributed by atoms with Gasteiger partial charge < -0.3 is 9.47 Å². The molecule has 4 nitrogen and oxygen atoms in total. The highest BCUT2D eigenvalue weighted by atomic mass is 35.5. The van der Waals surface area contributed by atoms with E-state index < -0.39 is 0 Å². The molecule has 1 aliphatic carbocycles. The lowest BCUT2D eigenvalue weighted by molar-refractivity contribution is -0.136. The van der Waals surface area contributed by atoms with E-state index in [-0.39, 0.29) is 17.8 Å². The van der Waals surface area contributed by atoms with E-state index in [1.807, 2.05) is 37.3 Å². The van der Waals surface area contributed by atoms with Gasteiger partial charge in [0.15, 0.2) is 11.5 Å². The van der Waals surface area contributed by atoms with Gasteiger partial charge in [-0.15, -0.1) is 0 Å². The van der Waals surface area contributed by atoms with Crippen molar-refractivity contribution >= 4 is 17.6 Å². The fraction of sp³-hybridized carbons (Fsp3) is 0.263. The van der Waals surface area contributed by atoms with Crippen molar-refractivity contribution in [2.24, 2.45) is 5.92 Å². The van der Waals surface area contributed by atoms with E-state index in [0.717, 1.165) is 12.0 Å². The molecule has 0 spiro atoms. The standard InChI is InChI=1S/C19H16ClNO3/c1-2-23-18-9-12(11-21)7-8-17(18)24-19(22)15-10-14(15)13-5-3-4-6-16(13)20/h3-9,14-15H,2,10H2,1H3. The Hall–Kier alpha value is -2.51. The molecule has 2 unspecified atom stereocenters. The largest absolute Gasteiger partial charge is 0.490 e. The number of halogens is 1. The number of nitriles is 1. The molecule has 5 heteroatoms. The summed E-state index contributed by atoms with van der Waals surface area (Å²) >= 11 is 6.19. The highest BCUT2D eigenvalue weighted by Gasteiger charge is 2.46. The Balaban J connectivity index is 1.73. The Morgan fingerprint density at radius 2 is 2.08 bits per heavy atom. The second kappa shape index (κ2) is 6.94. The smallest absolute Gasteiger partial charge is 0.315 e. The van der Waals surface area contributed by atoms with Crippen molar-refractivity contribution in [3.05, 3.63) is 58.6 Å². The zero-order chi connectivity index (χ0) is 17.1. The minimum Gasteiger partial charge on any atom is -0.490 e. The molecule has 0 saturated heterocycles. The fourth-order valence-corrected chi connectivity index (χ4v) is 2.97. The van der Waals surface area contributed by atoms with Gasteiger partial charge in [0.2, 0.25) is 0 Å². The number of carbonyl (C=O) groups excluding carboxylic acids is 1. The van der Waals surface area contributed by atoms with Crippen molar-refractivity contribution in [1.82, 2.24) is 0 Å². The molecule has 24 heavy (non-hydrogen) atoms. The third kappa shape index (κ3) is 3.37. The maximum absolute atomic E-state index is 12.4. The normalized spacial score (nSPS) is 18.5. The van der Waals surface area contributed by atoms with Crippen LogP contribution in [0, 0.1) is 17.2 Å². The molecular formula is C19H16ClNO3. The molecule has 0 radical (unpaired) electrons. The van der Waals surface area contributed by atoms with Crippen LogP contribution in [0.2, 0.25) is 5.02 Å². The molecule has 122 valence electrons. The van der Waals surface area contributed by atoms with Crippen LogP contribution in [0.1, 0.15) is 30.4 Å². The zero-order valence-electron chi connectivity index (χ0n) is 13.2. The highest BCUT2D eigenvalue weighted by molar-refractivity contribution is 6.31. The Kier molecular flexibility index (Phi) is 4.73. The molecule has 2 atom stereocenters. The van der Waals surface area contributed by atoms with Gasteiger partial charge in [0.1, 0.15) is 0 Å². The third-order valence-corrected chi connectivity index (χ3v) is 4.33. The molecule has 2 aromatic rings. The van der Waals surface area contributed by atoms with E-state index in [0.29, 0.717) is 28.7 Å². The highest BCUT2D eigenvalue weighted by Crippen LogP contribution is 2.50. The summed E-state index contributed by atoms with van der Waals surface area (Å²) in [6.45, 7) is 2.25. The molecule has 0 amide bonds. The van der Waals surface area contributed by atoms with Crippen LogP contribution in [-0.4, -0.2) is 12.6 Å². The van der Waals surface area contributed by atoms with Crippen LogP contribution in [0.5, 0.6) is 11.5 Å². The summed E-state index contributed by atoms with van der Waals surface area (Å²) in [4.78, 5) is 12.4. The SMILES string of the molecule is CCOc1cc(C#N)ccc1OC(=O)C1CC1c1ccccc1Cl. The van der Waals surface area contributed by atoms with Gasteiger partial charge in [-0.2, -0.15) is 5.26 Å². The van der Waals surface area contributed by atoms with Gasteiger partial charge in [0.05, 0.1) is 24.2 Å². The van der Waals surface area contributed by atoms with E-state index in [9.17, 15) is 4.79 Å². The third-order valence-electron chi connectivity index (χ3n) is 3.98. The van der Waals surface area contributed by atoms with Gasteiger partial charge in [-0.25, -0.2) is 0 Å². The summed E-state index contributed by atoms with van der Waals surface area (Å²) < 4.78 is 11.0. The Labute approximate surface area is 145 Å². The monoisotopic (exact) mass is 341 g/mol. The minimum absolute atomic E-state index is 0.0973. The first-order valence-corrected chi connectivity index (χ1v) is 8.15. The number of esters is 1. The molecule has 1 saturated carbocycles. The van der Waals surface area contributed by atoms with Crippen LogP contribution in [0.15, 0.2) is 42.5 Å². The van der Waals surface area contributed by atoms with Crippen LogP contribution >= 0.6 is 11.6 Å². The summed E-state index contributed by atoms with van der Waals surface area (Å²) in [5.74, 6) is 0.339. The van der Waals surface area contributed by atoms with E-state index in [1.165, 1.54) is 0 Å². The van der Waals surface area contributed by atoms with Crippen molar-refractivity contribution in [1.29, 1.82) is 5.26 Å². The summed E-state index contributed by atoms with van der Waals surface area (Å²) in [6, 6.07) is 14.4. The van der Waals surface area contributed by atoms with Gasteiger partial charge in [-0.3, -0.25) is 4.79 Å². The number of rotatable bonds is 5. The zero-order valence-corrected chi connectivity index (χ0v) is 13.9. The number of carbonyl (C=O) groups is 1. The van der Waals surface area contributed by atoms with Gasteiger partial charge in [-0.1, -0.05) is 29.8 Å². The number of hydrogen-bond acceptors (Lipinski definition) is 4. The topological polar surface area (TPSA) is 59.3 Å². The molecule has 1 aliphatic rings. The lowest BCUT2D eigenvalue weighted by Gasteiger charge is -2.11. The number of ether oxygens (including phenoxy) is 2. The van der Waals surface area contributed by atoms with Crippen molar-refractivity contribution in [2.45, 2.75) is 19.3 Å². The maximum Gasteiger partial charge on any atom is 0.315 e. The van der Waals surface area contributed by atoms with Gasteiger partial charge in [0, 0.05) is 11.1 Å². The lowest BCUT2D eigenvalue weighted by Crippen LogP contribution is -2.12. The van der Waals surface area contributed by atoms with Crippen molar-refractivity contribution in [3.63, 3.8) is 0 Å². The maximum atomic E-state index is 12.4. The average molecular weight is 342 g/mol. The van der Waals surface area contributed by atoms with Gasteiger partial charge in [0.25, 0.3) is 0 Å². The first-order chi connectivity index (χ1) is 11.6. The van der Waals surface area contributed by atoms with E-state index >= 15 is 0 Å². The van der Waals surface area contributed by atoms with E-state index in [4.69, 9.17) is 26.3 Å². The lowest BCUT2D eigenvalue weighted by atomic mass is 10.1. The predicted octanol–water partition coefficient (Wildman–Crippen LogP) is 4.32. The number of nitrogens with zero attached hydrogens (tertiary/aromatic N) is 1. The van der Waals surface area contributed by atoms with Crippen LogP contribution in [0.25, 0.3) is 0 Å². The summed E-state index contributed by atoms with van der Waals surface area (Å²) in [6.07, 6.45) is 0.725. The molecular weight excluding hydrogens is 326 g/mol. The first-order valence-electron chi connectivity index (χ1n) is 7.77. The summed E-state index contributed by atoms with van der Waals surface area (Å²) in [5, 5.41) is 9.63. The molecule has 0 heterocycles. The molecule has 0 aliphatic heterocycles. The first kappa shape index (κ1) is 16.4. The molecule has 0 N–H and O–H groups in total. The van der Waals surface area contributed by atoms with E-state index in [1.54, 1.807) is 18.2 Å². The summed E-state index contributed by atoms with van der Waals surface area (Å²) in [5.41, 5.74) is 1.43. The van der Waals surface area contributed by atoms with E-state index in [2.05, 4.69) is 0 Å². The van der Waals surface area contributed by atoms with Crippen LogP contribution in [-0.2, 0) is 4.79 Å². The Morgan fingerprint density at radius 1 is 1.29 bits per heavy atom. The van der Waals surface area contributed by atoms with Crippen molar-refractivity contribution < 1.29 is 14.3 Å². The molecule has 3 rings (SSSR count). The molecule has 2 aromatic carbocycles. The fourth-order valence-electron chi connectivity index (χ4n) is 2.69. The minimum atomic E-state index is -0.300. The predicted molar refractivity (Wildman–Crippen MR) is 90.3 cm³/mol. The number of hydrogen-bond donors (Lipinski definition) is 0. The Morgan fingerprint density at radius 3 is 2.79 bits per heavy atom. The van der Waals surface area contributed by atoms with Gasteiger partial charge >= 0.3 is 5.97 Å². The van der Waals surface area contributed by atoms with Crippen LogP contribution < -0.4 is 9.47 Å². The van der Waals surface area contributed by atoms with Gasteiger partial charge in [-0.05, 0) is 43.0 Å². The second-order valence-electron chi connectivity index (χ2n) is 5.60. The number of benzene rings is 2. The molecule has 1 fully saturated rings. The molecule has 0 aromatic heterocycles. The van der Waals surface area contributed by atoms with Crippen molar-refractivity contribution in [2.75, 3.05) is 6.61 Å². The summed E-state index contributed by atoms with van der Waals surface area (Å²) in [7, 11) is 0. The van der Waals surface area contributed by atoms with Crippen LogP contribution in [0.4, 0.5) is 0 Å². The van der Waals surface area contributed by atoms with Crippen molar-refractivity contribution in [3.8, 4) is 17.6 Å². The van der Waals surface area contributed by atoms with Crippen LogP contribution in [0.3, 0.4) is 0 Å². The quantitative estimate of drug-likeness (QED) is 0.600. The molecule has 0 bridgehead atoms. The average Bonchev–Trinajstić information content (AvgIpc) is 3.37. The second-order valence-corrected chi connectivity index (χ2v) is 6.00.